The lowest BCUT2D eigenvalue weighted by Crippen LogP contribution is -2.29. The fraction of sp³-hybridized carbons (Fsp3) is 0.412. The third-order valence-corrected chi connectivity index (χ3v) is 4.03. The van der Waals surface area contributed by atoms with Gasteiger partial charge < -0.3 is 10.5 Å². The van der Waals surface area contributed by atoms with Crippen LogP contribution in [0.2, 0.25) is 0 Å². The van der Waals surface area contributed by atoms with E-state index < -0.39 is 0 Å². The Hall–Kier alpha value is -1.58. The van der Waals surface area contributed by atoms with Gasteiger partial charge in [-0.15, -0.1) is 0 Å². The first-order valence-corrected chi connectivity index (χ1v) is 7.28. The summed E-state index contributed by atoms with van der Waals surface area (Å²) in [5, 5.41) is 2.47. The molecule has 1 saturated carbocycles. The smallest absolute Gasteiger partial charge is 0.0589 e. The van der Waals surface area contributed by atoms with Gasteiger partial charge in [0.2, 0.25) is 0 Å². The van der Waals surface area contributed by atoms with E-state index in [0.717, 1.165) is 31.4 Å². The lowest BCUT2D eigenvalue weighted by molar-refractivity contribution is 0.140. The summed E-state index contributed by atoms with van der Waals surface area (Å²) < 4.78 is 5.22. The Balaban J connectivity index is 1.83. The second-order valence-electron chi connectivity index (χ2n) is 5.59. The molecular weight excluding hydrogens is 248 g/mol. The lowest BCUT2D eigenvalue weighted by Gasteiger charge is -2.22. The molecule has 3 nitrogen and oxygen atoms in total. The molecule has 106 valence electrons. The minimum Gasteiger partial charge on any atom is -0.398 e. The Morgan fingerprint density at radius 1 is 1.20 bits per heavy atom. The second-order valence-corrected chi connectivity index (χ2v) is 5.59. The SMILES string of the molecule is COCCN(Cc1cc2ccccc2cc1N)C1CC1. The van der Waals surface area contributed by atoms with E-state index in [-0.39, 0.29) is 0 Å². The average Bonchev–Trinajstić information content (AvgIpc) is 3.28. The molecule has 0 saturated heterocycles. The largest absolute Gasteiger partial charge is 0.398 e. The Bertz CT molecular complexity index is 593. The van der Waals surface area contributed by atoms with Crippen LogP contribution in [0.5, 0.6) is 0 Å². The quantitative estimate of drug-likeness (QED) is 0.820. The van der Waals surface area contributed by atoms with E-state index in [4.69, 9.17) is 10.5 Å². The molecular formula is C17H22N2O. The van der Waals surface area contributed by atoms with Gasteiger partial charge in [0.05, 0.1) is 6.61 Å². The van der Waals surface area contributed by atoms with Crippen LogP contribution >= 0.6 is 0 Å². The van der Waals surface area contributed by atoms with Crippen molar-refractivity contribution in [2.75, 3.05) is 26.0 Å². The maximum absolute atomic E-state index is 6.23. The van der Waals surface area contributed by atoms with Crippen LogP contribution < -0.4 is 5.73 Å². The maximum Gasteiger partial charge on any atom is 0.0589 e. The van der Waals surface area contributed by atoms with E-state index in [1.807, 2.05) is 0 Å². The highest BCUT2D eigenvalue weighted by atomic mass is 16.5. The molecule has 2 aromatic carbocycles. The van der Waals surface area contributed by atoms with Crippen LogP contribution in [-0.4, -0.2) is 31.2 Å². The molecule has 1 fully saturated rings. The van der Waals surface area contributed by atoms with Crippen molar-refractivity contribution < 1.29 is 4.74 Å². The summed E-state index contributed by atoms with van der Waals surface area (Å²) in [6, 6.07) is 13.4. The van der Waals surface area contributed by atoms with Gasteiger partial charge in [0.15, 0.2) is 0 Å². The number of hydrogen-bond donors (Lipinski definition) is 1. The van der Waals surface area contributed by atoms with Gasteiger partial charge in [0.25, 0.3) is 0 Å². The van der Waals surface area contributed by atoms with E-state index >= 15 is 0 Å². The molecule has 3 rings (SSSR count). The van der Waals surface area contributed by atoms with Gasteiger partial charge in [-0.1, -0.05) is 24.3 Å². The van der Waals surface area contributed by atoms with Crippen LogP contribution in [0, 0.1) is 0 Å². The number of benzene rings is 2. The Morgan fingerprint density at radius 3 is 2.55 bits per heavy atom. The van der Waals surface area contributed by atoms with Crippen molar-refractivity contribution in [3.05, 3.63) is 42.0 Å². The molecule has 2 aromatic rings. The van der Waals surface area contributed by atoms with E-state index in [1.165, 1.54) is 29.2 Å². The van der Waals surface area contributed by atoms with Gasteiger partial charge in [-0.25, -0.2) is 0 Å². The highest BCUT2D eigenvalue weighted by Gasteiger charge is 2.28. The Morgan fingerprint density at radius 2 is 1.90 bits per heavy atom. The third-order valence-electron chi connectivity index (χ3n) is 4.03. The maximum atomic E-state index is 6.23. The first-order valence-electron chi connectivity index (χ1n) is 7.28. The molecule has 0 unspecified atom stereocenters. The minimum absolute atomic E-state index is 0.719. The van der Waals surface area contributed by atoms with Crippen LogP contribution in [0.25, 0.3) is 10.8 Å². The molecule has 0 aliphatic heterocycles. The molecule has 0 amide bonds. The molecule has 0 atom stereocenters. The van der Waals surface area contributed by atoms with E-state index in [2.05, 4.69) is 41.3 Å². The summed E-state index contributed by atoms with van der Waals surface area (Å²) in [5.41, 5.74) is 8.35. The second kappa shape index (κ2) is 5.81. The number of rotatable bonds is 6. The summed E-state index contributed by atoms with van der Waals surface area (Å²) >= 11 is 0. The van der Waals surface area contributed by atoms with Crippen molar-refractivity contribution in [3.8, 4) is 0 Å². The molecule has 0 heterocycles. The number of methoxy groups -OCH3 is 1. The van der Waals surface area contributed by atoms with Gasteiger partial charge in [0, 0.05) is 31.9 Å². The molecule has 1 aliphatic rings. The van der Waals surface area contributed by atoms with E-state index in [1.54, 1.807) is 7.11 Å². The Kier molecular flexibility index (Phi) is 3.90. The number of nitrogens with zero attached hydrogens (tertiary/aromatic N) is 1. The van der Waals surface area contributed by atoms with Crippen LogP contribution in [-0.2, 0) is 11.3 Å². The number of anilines is 1. The number of hydrogen-bond acceptors (Lipinski definition) is 3. The first kappa shape index (κ1) is 13.4. The van der Waals surface area contributed by atoms with Gasteiger partial charge >= 0.3 is 0 Å². The lowest BCUT2D eigenvalue weighted by atomic mass is 10.0. The number of nitrogen functional groups attached to an aromatic ring is 1. The fourth-order valence-corrected chi connectivity index (χ4v) is 2.70. The van der Waals surface area contributed by atoms with Crippen molar-refractivity contribution >= 4 is 16.5 Å². The van der Waals surface area contributed by atoms with Gasteiger partial charge in [-0.2, -0.15) is 0 Å². The summed E-state index contributed by atoms with van der Waals surface area (Å²) in [6.45, 7) is 2.68. The molecule has 3 heteroatoms. The monoisotopic (exact) mass is 270 g/mol. The first-order chi connectivity index (χ1) is 9.78. The summed E-state index contributed by atoms with van der Waals surface area (Å²) in [6.07, 6.45) is 2.61. The van der Waals surface area contributed by atoms with Gasteiger partial charge in [-0.05, 0) is 41.3 Å². The molecule has 0 spiro atoms. The van der Waals surface area contributed by atoms with Gasteiger partial charge in [-0.3, -0.25) is 4.90 Å². The van der Waals surface area contributed by atoms with Crippen LogP contribution in [0.15, 0.2) is 36.4 Å². The zero-order valence-corrected chi connectivity index (χ0v) is 12.0. The standard InChI is InChI=1S/C17H22N2O/c1-20-9-8-19(16-6-7-16)12-15-10-13-4-2-3-5-14(13)11-17(15)18/h2-5,10-11,16H,6-9,12,18H2,1H3. The summed E-state index contributed by atoms with van der Waals surface area (Å²) in [7, 11) is 1.76. The zero-order chi connectivity index (χ0) is 13.9. The number of fused-ring (bicyclic) bond motifs is 1. The third kappa shape index (κ3) is 2.94. The average molecular weight is 270 g/mol. The molecule has 0 aromatic heterocycles. The molecule has 2 N–H and O–H groups in total. The van der Waals surface area contributed by atoms with Gasteiger partial charge in [0.1, 0.15) is 0 Å². The van der Waals surface area contributed by atoms with Crippen molar-refractivity contribution in [2.24, 2.45) is 0 Å². The van der Waals surface area contributed by atoms with E-state index in [0.29, 0.717) is 0 Å². The number of ether oxygens (including phenoxy) is 1. The predicted octanol–water partition coefficient (Wildman–Crippen LogP) is 3.03. The van der Waals surface area contributed by atoms with Crippen molar-refractivity contribution in [1.82, 2.24) is 4.90 Å². The van der Waals surface area contributed by atoms with E-state index in [9.17, 15) is 0 Å². The summed E-state index contributed by atoms with van der Waals surface area (Å²) in [4.78, 5) is 2.49. The van der Waals surface area contributed by atoms with Crippen molar-refractivity contribution in [2.45, 2.75) is 25.4 Å². The molecule has 1 aliphatic carbocycles. The molecule has 0 bridgehead atoms. The zero-order valence-electron chi connectivity index (χ0n) is 12.0. The highest BCUT2D eigenvalue weighted by molar-refractivity contribution is 5.86. The van der Waals surface area contributed by atoms with Crippen molar-refractivity contribution in [1.29, 1.82) is 0 Å². The summed E-state index contributed by atoms with van der Waals surface area (Å²) in [5.74, 6) is 0. The fourth-order valence-electron chi connectivity index (χ4n) is 2.70. The van der Waals surface area contributed by atoms with Crippen LogP contribution in [0.4, 0.5) is 5.69 Å². The minimum atomic E-state index is 0.719. The molecule has 20 heavy (non-hydrogen) atoms. The van der Waals surface area contributed by atoms with Crippen LogP contribution in [0.1, 0.15) is 18.4 Å². The topological polar surface area (TPSA) is 38.5 Å². The predicted molar refractivity (Wildman–Crippen MR) is 83.7 cm³/mol. The normalized spacial score (nSPS) is 15.1. The van der Waals surface area contributed by atoms with Crippen LogP contribution in [0.3, 0.4) is 0 Å². The van der Waals surface area contributed by atoms with Crippen molar-refractivity contribution in [3.63, 3.8) is 0 Å². The Labute approximate surface area is 120 Å². The highest BCUT2D eigenvalue weighted by Crippen LogP contribution is 2.30. The molecule has 0 radical (unpaired) electrons. The number of nitrogens with two attached hydrogens (primary N) is 1.